The van der Waals surface area contributed by atoms with Crippen LogP contribution in [0.4, 0.5) is 0 Å². The standard InChI is InChI=1S/C15H29NO3/c1-5-9-11-16(12-10-14(17)19-8-4)15(18)13(6-2)7-3/h13H,5-12H2,1-4H3. The summed E-state index contributed by atoms with van der Waals surface area (Å²) in [5, 5.41) is 0. The Bertz CT molecular complexity index is 262. The maximum absolute atomic E-state index is 12.4. The van der Waals surface area contributed by atoms with E-state index in [9.17, 15) is 9.59 Å². The predicted octanol–water partition coefficient (Wildman–Crippen LogP) is 3.00. The maximum atomic E-state index is 12.4. The van der Waals surface area contributed by atoms with Crippen molar-refractivity contribution < 1.29 is 14.3 Å². The molecule has 0 aromatic carbocycles. The van der Waals surface area contributed by atoms with Crippen LogP contribution in [0.1, 0.15) is 59.8 Å². The van der Waals surface area contributed by atoms with Crippen molar-refractivity contribution in [2.75, 3.05) is 19.7 Å². The van der Waals surface area contributed by atoms with Gasteiger partial charge in [-0.1, -0.05) is 27.2 Å². The van der Waals surface area contributed by atoms with Crippen molar-refractivity contribution in [1.82, 2.24) is 4.90 Å². The molecule has 0 atom stereocenters. The fraction of sp³-hybridized carbons (Fsp3) is 0.867. The average Bonchev–Trinajstić information content (AvgIpc) is 2.40. The van der Waals surface area contributed by atoms with Gasteiger partial charge >= 0.3 is 5.97 Å². The van der Waals surface area contributed by atoms with Crippen LogP contribution in [0, 0.1) is 5.92 Å². The fourth-order valence-electron chi connectivity index (χ4n) is 2.04. The van der Waals surface area contributed by atoms with Gasteiger partial charge in [-0.3, -0.25) is 9.59 Å². The molecule has 0 radical (unpaired) electrons. The Morgan fingerprint density at radius 2 is 1.68 bits per heavy atom. The maximum Gasteiger partial charge on any atom is 0.307 e. The molecule has 4 heteroatoms. The van der Waals surface area contributed by atoms with Crippen LogP contribution < -0.4 is 0 Å². The van der Waals surface area contributed by atoms with E-state index in [0.717, 1.165) is 32.2 Å². The molecular formula is C15H29NO3. The largest absolute Gasteiger partial charge is 0.466 e. The minimum atomic E-state index is -0.221. The monoisotopic (exact) mass is 271 g/mol. The smallest absolute Gasteiger partial charge is 0.307 e. The normalized spacial score (nSPS) is 10.6. The third-order valence-corrected chi connectivity index (χ3v) is 3.32. The van der Waals surface area contributed by atoms with E-state index in [2.05, 4.69) is 6.92 Å². The summed E-state index contributed by atoms with van der Waals surface area (Å²) in [7, 11) is 0. The number of ether oxygens (including phenoxy) is 1. The zero-order chi connectivity index (χ0) is 14.7. The molecule has 0 N–H and O–H groups in total. The quantitative estimate of drug-likeness (QED) is 0.574. The molecule has 0 aliphatic heterocycles. The number of hydrogen-bond acceptors (Lipinski definition) is 3. The summed E-state index contributed by atoms with van der Waals surface area (Å²) in [6.45, 7) is 9.59. The number of unbranched alkanes of at least 4 members (excludes halogenated alkanes) is 1. The highest BCUT2D eigenvalue weighted by molar-refractivity contribution is 5.79. The Morgan fingerprint density at radius 3 is 2.16 bits per heavy atom. The topological polar surface area (TPSA) is 46.6 Å². The minimum absolute atomic E-state index is 0.0825. The first-order valence-corrected chi connectivity index (χ1v) is 7.54. The van der Waals surface area contributed by atoms with Gasteiger partial charge in [0.15, 0.2) is 0 Å². The van der Waals surface area contributed by atoms with Crippen LogP contribution in [0.2, 0.25) is 0 Å². The van der Waals surface area contributed by atoms with Gasteiger partial charge in [-0.05, 0) is 26.2 Å². The molecule has 4 nitrogen and oxygen atoms in total. The number of carbonyl (C=O) groups excluding carboxylic acids is 2. The Hall–Kier alpha value is -1.06. The molecule has 0 fully saturated rings. The van der Waals surface area contributed by atoms with Gasteiger partial charge in [-0.25, -0.2) is 0 Å². The van der Waals surface area contributed by atoms with Gasteiger partial charge in [-0.2, -0.15) is 0 Å². The van der Waals surface area contributed by atoms with Gasteiger partial charge in [0, 0.05) is 19.0 Å². The Labute approximate surface area is 117 Å². The molecule has 1 amide bonds. The number of nitrogens with zero attached hydrogens (tertiary/aromatic N) is 1. The zero-order valence-electron chi connectivity index (χ0n) is 12.9. The lowest BCUT2D eigenvalue weighted by atomic mass is 10.0. The van der Waals surface area contributed by atoms with Gasteiger partial charge in [0.2, 0.25) is 5.91 Å². The van der Waals surface area contributed by atoms with Crippen LogP contribution in [0.25, 0.3) is 0 Å². The number of amides is 1. The summed E-state index contributed by atoms with van der Waals surface area (Å²) >= 11 is 0. The van der Waals surface area contributed by atoms with Crippen LogP contribution in [-0.4, -0.2) is 36.5 Å². The van der Waals surface area contributed by atoms with E-state index in [1.165, 1.54) is 0 Å². The summed E-state index contributed by atoms with van der Waals surface area (Å²) in [4.78, 5) is 25.6. The first-order valence-electron chi connectivity index (χ1n) is 7.54. The average molecular weight is 271 g/mol. The third kappa shape index (κ3) is 7.19. The lowest BCUT2D eigenvalue weighted by molar-refractivity contribution is -0.144. The summed E-state index contributed by atoms with van der Waals surface area (Å²) in [5.41, 5.74) is 0. The van der Waals surface area contributed by atoms with E-state index in [0.29, 0.717) is 19.6 Å². The van der Waals surface area contributed by atoms with Crippen molar-refractivity contribution in [3.63, 3.8) is 0 Å². The summed E-state index contributed by atoms with van der Waals surface area (Å²) in [5.74, 6) is 0.0446. The van der Waals surface area contributed by atoms with E-state index in [-0.39, 0.29) is 17.8 Å². The second-order valence-corrected chi connectivity index (χ2v) is 4.75. The van der Waals surface area contributed by atoms with Crippen molar-refractivity contribution in [3.8, 4) is 0 Å². The highest BCUT2D eigenvalue weighted by Gasteiger charge is 2.21. The predicted molar refractivity (Wildman–Crippen MR) is 76.8 cm³/mol. The Morgan fingerprint density at radius 1 is 1.05 bits per heavy atom. The summed E-state index contributed by atoms with van der Waals surface area (Å²) < 4.78 is 4.91. The first kappa shape index (κ1) is 17.9. The number of hydrogen-bond donors (Lipinski definition) is 0. The molecular weight excluding hydrogens is 242 g/mol. The molecule has 0 bridgehead atoms. The van der Waals surface area contributed by atoms with Crippen molar-refractivity contribution in [2.45, 2.75) is 59.8 Å². The second kappa shape index (κ2) is 10.8. The molecule has 0 rings (SSSR count). The van der Waals surface area contributed by atoms with Crippen molar-refractivity contribution in [1.29, 1.82) is 0 Å². The number of carbonyl (C=O) groups is 2. The van der Waals surface area contributed by atoms with E-state index < -0.39 is 0 Å². The van der Waals surface area contributed by atoms with Crippen LogP contribution >= 0.6 is 0 Å². The van der Waals surface area contributed by atoms with E-state index >= 15 is 0 Å². The summed E-state index contributed by atoms with van der Waals surface area (Å²) in [6, 6.07) is 0. The van der Waals surface area contributed by atoms with Crippen LogP contribution in [0.5, 0.6) is 0 Å². The molecule has 19 heavy (non-hydrogen) atoms. The molecule has 0 aliphatic rings. The first-order chi connectivity index (χ1) is 9.10. The minimum Gasteiger partial charge on any atom is -0.466 e. The molecule has 0 aromatic heterocycles. The summed E-state index contributed by atoms with van der Waals surface area (Å²) in [6.07, 6.45) is 4.04. The molecule has 0 aromatic rings. The molecule has 0 heterocycles. The van der Waals surface area contributed by atoms with Gasteiger partial charge in [0.25, 0.3) is 0 Å². The SMILES string of the molecule is CCCCN(CCC(=O)OCC)C(=O)C(CC)CC. The van der Waals surface area contributed by atoms with Gasteiger partial charge < -0.3 is 9.64 Å². The lowest BCUT2D eigenvalue weighted by Gasteiger charge is -2.26. The van der Waals surface area contributed by atoms with Crippen molar-refractivity contribution in [3.05, 3.63) is 0 Å². The number of rotatable bonds is 10. The van der Waals surface area contributed by atoms with Gasteiger partial charge in [0.1, 0.15) is 0 Å². The van der Waals surface area contributed by atoms with Gasteiger partial charge in [-0.15, -0.1) is 0 Å². The second-order valence-electron chi connectivity index (χ2n) is 4.75. The molecule has 0 saturated carbocycles. The van der Waals surface area contributed by atoms with Crippen LogP contribution in [-0.2, 0) is 14.3 Å². The third-order valence-electron chi connectivity index (χ3n) is 3.32. The van der Waals surface area contributed by atoms with Crippen molar-refractivity contribution in [2.24, 2.45) is 5.92 Å². The van der Waals surface area contributed by atoms with Crippen LogP contribution in [0.15, 0.2) is 0 Å². The van der Waals surface area contributed by atoms with E-state index in [1.54, 1.807) is 6.92 Å². The Kier molecular flexibility index (Phi) is 10.2. The molecule has 0 saturated heterocycles. The van der Waals surface area contributed by atoms with Crippen molar-refractivity contribution >= 4 is 11.9 Å². The molecule has 112 valence electrons. The highest BCUT2D eigenvalue weighted by Crippen LogP contribution is 2.13. The molecule has 0 aliphatic carbocycles. The Balaban J connectivity index is 4.43. The molecule has 0 unspecified atom stereocenters. The van der Waals surface area contributed by atoms with Crippen LogP contribution in [0.3, 0.4) is 0 Å². The van der Waals surface area contributed by atoms with Gasteiger partial charge in [0.05, 0.1) is 13.0 Å². The molecule has 0 spiro atoms. The fourth-order valence-corrected chi connectivity index (χ4v) is 2.04. The van der Waals surface area contributed by atoms with E-state index in [4.69, 9.17) is 4.74 Å². The highest BCUT2D eigenvalue weighted by atomic mass is 16.5. The lowest BCUT2D eigenvalue weighted by Crippen LogP contribution is -2.38. The van der Waals surface area contributed by atoms with E-state index in [1.807, 2.05) is 18.7 Å². The number of esters is 1. The zero-order valence-corrected chi connectivity index (χ0v) is 12.9.